The molecule has 0 aliphatic heterocycles. The van der Waals surface area contributed by atoms with Gasteiger partial charge >= 0.3 is 201 Å². The zero-order valence-corrected chi connectivity index (χ0v) is 24.1. The molecular weight excluding hydrogens is 482 g/mol. The summed E-state index contributed by atoms with van der Waals surface area (Å²) in [6.07, 6.45) is 34.2. The van der Waals surface area contributed by atoms with Gasteiger partial charge in [-0.1, -0.05) is 0 Å². The molecule has 0 aromatic rings. The van der Waals surface area contributed by atoms with E-state index in [-0.39, 0.29) is 0 Å². The van der Waals surface area contributed by atoms with Crippen LogP contribution in [-0.2, 0) is 0 Å². The third kappa shape index (κ3) is 16.5. The molecule has 0 aliphatic carbocycles. The van der Waals surface area contributed by atoms with Crippen LogP contribution in [0.25, 0.3) is 0 Å². The molecule has 0 spiro atoms. The van der Waals surface area contributed by atoms with E-state index in [2.05, 4.69) is 49.7 Å². The number of unbranched alkanes of at least 4 members (excludes halogenated alkanes) is 15. The Morgan fingerprint density at radius 2 is 0.621 bits per heavy atom. The predicted molar refractivity (Wildman–Crippen MR) is 151 cm³/mol. The third-order valence-corrected chi connectivity index (χ3v) is 18.6. The summed E-state index contributed by atoms with van der Waals surface area (Å²) in [6.45, 7) is 9.46. The number of halogens is 1. The molecule has 0 nitrogen and oxygen atoms in total. The molecule has 0 radical (unpaired) electrons. The molecule has 0 heterocycles. The number of hydrogen-bond donors (Lipinski definition) is 0. The van der Waals surface area contributed by atoms with E-state index in [1.54, 1.807) is 24.6 Å². The number of hydrogen-bond acceptors (Lipinski definition) is 0. The first-order valence-corrected chi connectivity index (χ1v) is 19.5. The van der Waals surface area contributed by atoms with Crippen molar-refractivity contribution >= 4 is 26.3 Å². The summed E-state index contributed by atoms with van der Waals surface area (Å²) in [6, 6.07) is 0. The Labute approximate surface area is 200 Å². The van der Waals surface area contributed by atoms with E-state index in [9.17, 15) is 0 Å². The van der Waals surface area contributed by atoms with E-state index in [1.165, 1.54) is 122 Å². The topological polar surface area (TPSA) is 0 Å². The minimum absolute atomic E-state index is 1.37. The maximum absolute atomic E-state index is 3.14. The Bertz CT molecular complexity index is 298. The standard InChI is InChI=1S/C27H58IP/c1-5-9-12-15-18-21-25-29(28,24-8-4,26-22-19-16-13-10-6-2)27-23-20-17-14-11-7-3/h5-27H2,1-4H3. The van der Waals surface area contributed by atoms with Crippen LogP contribution in [-0.4, -0.2) is 24.6 Å². The van der Waals surface area contributed by atoms with E-state index >= 15 is 0 Å². The van der Waals surface area contributed by atoms with Gasteiger partial charge < -0.3 is 0 Å². The minimum atomic E-state index is -1.52. The molecule has 0 rings (SSSR count). The van der Waals surface area contributed by atoms with Gasteiger partial charge in [0, 0.05) is 0 Å². The van der Waals surface area contributed by atoms with Crippen molar-refractivity contribution in [3.8, 4) is 0 Å². The molecule has 0 saturated heterocycles. The van der Waals surface area contributed by atoms with E-state index in [0.717, 1.165) is 0 Å². The Morgan fingerprint density at radius 1 is 0.345 bits per heavy atom. The van der Waals surface area contributed by atoms with Gasteiger partial charge in [0.2, 0.25) is 0 Å². The van der Waals surface area contributed by atoms with Crippen LogP contribution in [0.5, 0.6) is 0 Å². The SMILES string of the molecule is CCCCCCCCP(I)(CCC)(CCCCCCCC)CCCCCCCC. The summed E-state index contributed by atoms with van der Waals surface area (Å²) in [5, 5.41) is 0. The second-order valence-corrected chi connectivity index (χ2v) is 23.6. The van der Waals surface area contributed by atoms with E-state index in [4.69, 9.17) is 0 Å². The molecule has 0 N–H and O–H groups in total. The van der Waals surface area contributed by atoms with E-state index in [0.29, 0.717) is 0 Å². The second kappa shape index (κ2) is 19.8. The zero-order valence-electron chi connectivity index (χ0n) is 21.1. The van der Waals surface area contributed by atoms with Crippen molar-refractivity contribution in [2.75, 3.05) is 24.6 Å². The van der Waals surface area contributed by atoms with Crippen LogP contribution in [0.15, 0.2) is 0 Å². The summed E-state index contributed by atoms with van der Waals surface area (Å²) in [7, 11) is 0. The average molecular weight is 541 g/mol. The fourth-order valence-electron chi connectivity index (χ4n) is 5.09. The Kier molecular flexibility index (Phi) is 20.6. The van der Waals surface area contributed by atoms with Crippen LogP contribution in [0.4, 0.5) is 0 Å². The molecule has 0 aliphatic rings. The van der Waals surface area contributed by atoms with Crippen molar-refractivity contribution < 1.29 is 0 Å². The van der Waals surface area contributed by atoms with E-state index < -0.39 is 4.25 Å². The molecule has 0 unspecified atom stereocenters. The Morgan fingerprint density at radius 3 is 0.897 bits per heavy atom. The van der Waals surface area contributed by atoms with Crippen LogP contribution >= 0.6 is 26.3 Å². The normalized spacial score (nSPS) is 13.5. The van der Waals surface area contributed by atoms with E-state index in [1.807, 2.05) is 0 Å². The van der Waals surface area contributed by atoms with Crippen molar-refractivity contribution in [2.24, 2.45) is 0 Å². The first kappa shape index (κ1) is 30.2. The van der Waals surface area contributed by atoms with Gasteiger partial charge in [-0.05, 0) is 0 Å². The molecular formula is C27H58IP. The van der Waals surface area contributed by atoms with Crippen molar-refractivity contribution in [3.63, 3.8) is 0 Å². The second-order valence-electron chi connectivity index (χ2n) is 10.0. The zero-order chi connectivity index (χ0) is 21.7. The molecule has 178 valence electrons. The van der Waals surface area contributed by atoms with Gasteiger partial charge in [-0.25, -0.2) is 0 Å². The molecule has 0 amide bonds. The molecule has 0 aromatic carbocycles. The Balaban J connectivity index is 4.67. The first-order valence-electron chi connectivity index (χ1n) is 13.8. The number of rotatable bonds is 23. The van der Waals surface area contributed by atoms with Crippen LogP contribution < -0.4 is 0 Å². The first-order chi connectivity index (χ1) is 14.0. The molecule has 0 atom stereocenters. The predicted octanol–water partition coefficient (Wildman–Crippen LogP) is 11.4. The molecule has 2 heteroatoms. The molecule has 0 saturated carbocycles. The molecule has 0 fully saturated rings. The van der Waals surface area contributed by atoms with Crippen LogP contribution in [0.2, 0.25) is 0 Å². The summed E-state index contributed by atoms with van der Waals surface area (Å²) in [5.74, 6) is 0. The van der Waals surface area contributed by atoms with Gasteiger partial charge in [0.25, 0.3) is 0 Å². The van der Waals surface area contributed by atoms with Gasteiger partial charge in [-0.2, -0.15) is 0 Å². The van der Waals surface area contributed by atoms with Gasteiger partial charge in [0.05, 0.1) is 0 Å². The summed E-state index contributed by atoms with van der Waals surface area (Å²) < 4.78 is -1.52. The monoisotopic (exact) mass is 540 g/mol. The average Bonchev–Trinajstić information content (AvgIpc) is 2.71. The van der Waals surface area contributed by atoms with Crippen molar-refractivity contribution in [1.82, 2.24) is 0 Å². The van der Waals surface area contributed by atoms with Crippen LogP contribution in [0.1, 0.15) is 150 Å². The van der Waals surface area contributed by atoms with Crippen molar-refractivity contribution in [3.05, 3.63) is 0 Å². The summed E-state index contributed by atoms with van der Waals surface area (Å²) >= 11 is 3.14. The molecule has 0 bridgehead atoms. The van der Waals surface area contributed by atoms with Crippen molar-refractivity contribution in [2.45, 2.75) is 150 Å². The van der Waals surface area contributed by atoms with Gasteiger partial charge in [-0.3, -0.25) is 0 Å². The fourth-order valence-corrected chi connectivity index (χ4v) is 15.1. The van der Waals surface area contributed by atoms with Gasteiger partial charge in [-0.15, -0.1) is 0 Å². The Hall–Kier alpha value is 1.16. The maximum atomic E-state index is 3.14. The summed E-state index contributed by atoms with van der Waals surface area (Å²) in [5.41, 5.74) is 0. The van der Waals surface area contributed by atoms with Crippen LogP contribution in [0.3, 0.4) is 0 Å². The molecule has 29 heavy (non-hydrogen) atoms. The summed E-state index contributed by atoms with van der Waals surface area (Å²) in [4.78, 5) is 0. The fraction of sp³-hybridized carbons (Fsp3) is 1.00. The quantitative estimate of drug-likeness (QED) is 0.0687. The molecule has 0 aromatic heterocycles. The van der Waals surface area contributed by atoms with Gasteiger partial charge in [0.15, 0.2) is 0 Å². The third-order valence-electron chi connectivity index (χ3n) is 6.99. The van der Waals surface area contributed by atoms with Crippen LogP contribution in [0, 0.1) is 0 Å². The van der Waals surface area contributed by atoms with Gasteiger partial charge in [0.1, 0.15) is 0 Å². The van der Waals surface area contributed by atoms with Crippen molar-refractivity contribution in [1.29, 1.82) is 0 Å².